The Bertz CT molecular complexity index is 1120. The number of halogens is 2. The second-order valence-corrected chi connectivity index (χ2v) is 10.9. The Morgan fingerprint density at radius 3 is 2.32 bits per heavy atom. The smallest absolute Gasteiger partial charge is 0.318 e. The molecule has 2 aliphatic heterocycles. The summed E-state index contributed by atoms with van der Waals surface area (Å²) in [5, 5.41) is 3.83. The zero-order chi connectivity index (χ0) is 26.7. The highest BCUT2D eigenvalue weighted by Crippen LogP contribution is 2.28. The Hall–Kier alpha value is -2.52. The highest BCUT2D eigenvalue weighted by molar-refractivity contribution is 6.35. The second kappa shape index (κ2) is 11.5. The number of carbonyl (C=O) groups excluding carboxylic acids is 2. The lowest BCUT2D eigenvalue weighted by molar-refractivity contribution is -0.136. The standard InChI is InChI=1S/C27H35Cl2N5O3/c1-27(2,37-3)24(30)18-5-8-21(9-6-18)32-12-14-33(15-13-32)25(35)23(34-11-10-31-26(34)36)16-19-4-7-20(28)17-22(19)29/h4-9,17,23-24H,10-16,30H2,1-3H3,(H,31,36). The molecule has 8 nitrogen and oxygen atoms in total. The van der Waals surface area contributed by atoms with E-state index in [9.17, 15) is 9.59 Å². The van der Waals surface area contributed by atoms with Crippen LogP contribution >= 0.6 is 23.2 Å². The molecule has 0 bridgehead atoms. The molecule has 0 aromatic heterocycles. The first-order chi connectivity index (χ1) is 17.6. The van der Waals surface area contributed by atoms with Crippen molar-refractivity contribution in [3.8, 4) is 0 Å². The van der Waals surface area contributed by atoms with Crippen molar-refractivity contribution in [2.45, 2.75) is 38.0 Å². The van der Waals surface area contributed by atoms with E-state index in [0.29, 0.717) is 55.7 Å². The zero-order valence-electron chi connectivity index (χ0n) is 21.5. The molecule has 2 fully saturated rings. The number of rotatable bonds is 8. The molecule has 2 saturated heterocycles. The molecule has 3 amide bonds. The van der Waals surface area contributed by atoms with Crippen LogP contribution in [-0.2, 0) is 16.0 Å². The van der Waals surface area contributed by atoms with Crippen LogP contribution in [0.2, 0.25) is 10.0 Å². The number of nitrogens with zero attached hydrogens (tertiary/aromatic N) is 3. The van der Waals surface area contributed by atoms with Gasteiger partial charge in [0.2, 0.25) is 5.91 Å². The van der Waals surface area contributed by atoms with Gasteiger partial charge in [0.05, 0.1) is 11.6 Å². The van der Waals surface area contributed by atoms with Crippen molar-refractivity contribution in [3.63, 3.8) is 0 Å². The Morgan fingerprint density at radius 2 is 1.76 bits per heavy atom. The van der Waals surface area contributed by atoms with Crippen LogP contribution in [-0.4, -0.2) is 79.8 Å². The number of amides is 3. The van der Waals surface area contributed by atoms with Crippen LogP contribution in [0, 0.1) is 0 Å². The number of carbonyl (C=O) groups is 2. The van der Waals surface area contributed by atoms with Gasteiger partial charge in [0, 0.05) is 68.5 Å². The van der Waals surface area contributed by atoms with Gasteiger partial charge in [0.25, 0.3) is 0 Å². The Balaban J connectivity index is 1.43. The van der Waals surface area contributed by atoms with Gasteiger partial charge < -0.3 is 30.5 Å². The van der Waals surface area contributed by atoms with E-state index in [1.807, 2.05) is 36.9 Å². The predicted molar refractivity (Wildman–Crippen MR) is 147 cm³/mol. The van der Waals surface area contributed by atoms with Crippen molar-refractivity contribution in [2.24, 2.45) is 5.73 Å². The number of urea groups is 1. The van der Waals surface area contributed by atoms with Gasteiger partial charge in [0.1, 0.15) is 6.04 Å². The normalized spacial score (nSPS) is 18.1. The topological polar surface area (TPSA) is 91.1 Å². The summed E-state index contributed by atoms with van der Waals surface area (Å²) in [6, 6.07) is 12.4. The number of nitrogens with two attached hydrogens (primary N) is 1. The number of anilines is 1. The molecule has 2 heterocycles. The van der Waals surface area contributed by atoms with Gasteiger partial charge in [-0.1, -0.05) is 41.4 Å². The van der Waals surface area contributed by atoms with Crippen LogP contribution in [0.25, 0.3) is 0 Å². The van der Waals surface area contributed by atoms with Gasteiger partial charge in [-0.05, 0) is 49.2 Å². The number of hydrogen-bond donors (Lipinski definition) is 2. The van der Waals surface area contributed by atoms with Crippen molar-refractivity contribution < 1.29 is 14.3 Å². The lowest BCUT2D eigenvalue weighted by Gasteiger charge is -2.39. The van der Waals surface area contributed by atoms with Crippen LogP contribution in [0.3, 0.4) is 0 Å². The van der Waals surface area contributed by atoms with Crippen molar-refractivity contribution in [1.82, 2.24) is 15.1 Å². The maximum atomic E-state index is 13.7. The molecular formula is C27H35Cl2N5O3. The molecule has 0 radical (unpaired) electrons. The molecule has 2 aromatic carbocycles. The summed E-state index contributed by atoms with van der Waals surface area (Å²) in [5.41, 5.74) is 8.81. The van der Waals surface area contributed by atoms with Crippen LogP contribution in [0.15, 0.2) is 42.5 Å². The molecule has 3 N–H and O–H groups in total. The fraction of sp³-hybridized carbons (Fsp3) is 0.481. The summed E-state index contributed by atoms with van der Waals surface area (Å²) < 4.78 is 5.53. The van der Waals surface area contributed by atoms with Crippen molar-refractivity contribution in [1.29, 1.82) is 0 Å². The van der Waals surface area contributed by atoms with Gasteiger partial charge in [0.15, 0.2) is 0 Å². The Kier molecular flexibility index (Phi) is 8.53. The molecule has 2 atom stereocenters. The summed E-state index contributed by atoms with van der Waals surface area (Å²) in [6.45, 7) is 7.47. The van der Waals surface area contributed by atoms with Gasteiger partial charge in [-0.25, -0.2) is 4.79 Å². The monoisotopic (exact) mass is 547 g/mol. The van der Waals surface area contributed by atoms with Crippen molar-refractivity contribution >= 4 is 40.8 Å². The average molecular weight is 549 g/mol. The Labute approximate surface area is 228 Å². The average Bonchev–Trinajstić information content (AvgIpc) is 3.33. The molecule has 2 unspecified atom stereocenters. The summed E-state index contributed by atoms with van der Waals surface area (Å²) >= 11 is 12.5. The molecule has 0 saturated carbocycles. The largest absolute Gasteiger partial charge is 0.377 e. The van der Waals surface area contributed by atoms with E-state index in [2.05, 4.69) is 22.3 Å². The lowest BCUT2D eigenvalue weighted by Crippen LogP contribution is -2.56. The molecule has 4 rings (SSSR count). The number of benzene rings is 2. The molecule has 2 aromatic rings. The highest BCUT2D eigenvalue weighted by atomic mass is 35.5. The summed E-state index contributed by atoms with van der Waals surface area (Å²) in [4.78, 5) is 31.9. The lowest BCUT2D eigenvalue weighted by atomic mass is 9.92. The fourth-order valence-corrected chi connectivity index (χ4v) is 5.31. The first-order valence-corrected chi connectivity index (χ1v) is 13.3. The first-order valence-electron chi connectivity index (χ1n) is 12.5. The van der Waals surface area contributed by atoms with Gasteiger partial charge in [-0.2, -0.15) is 0 Å². The predicted octanol–water partition coefficient (Wildman–Crippen LogP) is 3.70. The van der Waals surface area contributed by atoms with Gasteiger partial charge >= 0.3 is 6.03 Å². The van der Waals surface area contributed by atoms with E-state index in [-0.39, 0.29) is 18.0 Å². The van der Waals surface area contributed by atoms with E-state index in [1.165, 1.54) is 0 Å². The Morgan fingerprint density at radius 1 is 1.08 bits per heavy atom. The zero-order valence-corrected chi connectivity index (χ0v) is 23.1. The third kappa shape index (κ3) is 6.14. The SMILES string of the molecule is COC(C)(C)C(N)c1ccc(N2CCN(C(=O)C(Cc3ccc(Cl)cc3Cl)N3CCNC3=O)CC2)cc1. The minimum atomic E-state index is -0.627. The minimum Gasteiger partial charge on any atom is -0.377 e. The highest BCUT2D eigenvalue weighted by Gasteiger charge is 2.37. The third-order valence-corrected chi connectivity index (χ3v) is 8.05. The molecule has 200 valence electrons. The van der Waals surface area contributed by atoms with Crippen molar-refractivity contribution in [2.75, 3.05) is 51.3 Å². The van der Waals surface area contributed by atoms with E-state index >= 15 is 0 Å². The van der Waals surface area contributed by atoms with E-state index in [1.54, 1.807) is 24.1 Å². The second-order valence-electron chi connectivity index (χ2n) is 10.1. The van der Waals surface area contributed by atoms with E-state index in [4.69, 9.17) is 33.7 Å². The third-order valence-electron chi connectivity index (χ3n) is 7.46. The molecular weight excluding hydrogens is 513 g/mol. The van der Waals surface area contributed by atoms with Crippen LogP contribution < -0.4 is 16.0 Å². The van der Waals surface area contributed by atoms with Crippen molar-refractivity contribution in [3.05, 3.63) is 63.6 Å². The fourth-order valence-electron chi connectivity index (χ4n) is 4.83. The number of hydrogen-bond acceptors (Lipinski definition) is 5. The number of ether oxygens (including phenoxy) is 1. The molecule has 0 aliphatic carbocycles. The van der Waals surface area contributed by atoms with E-state index < -0.39 is 11.6 Å². The quantitative estimate of drug-likeness (QED) is 0.525. The van der Waals surface area contributed by atoms with Crippen LogP contribution in [0.1, 0.15) is 31.0 Å². The minimum absolute atomic E-state index is 0.0640. The summed E-state index contributed by atoms with van der Waals surface area (Å²) in [7, 11) is 1.67. The van der Waals surface area contributed by atoms with Crippen LogP contribution in [0.5, 0.6) is 0 Å². The maximum absolute atomic E-state index is 13.7. The summed E-state index contributed by atoms with van der Waals surface area (Å²) in [6.07, 6.45) is 0.335. The summed E-state index contributed by atoms with van der Waals surface area (Å²) in [5.74, 6) is -0.0640. The van der Waals surface area contributed by atoms with Gasteiger partial charge in [-0.3, -0.25) is 4.79 Å². The molecule has 10 heteroatoms. The number of nitrogens with one attached hydrogen (secondary N) is 1. The molecule has 0 spiro atoms. The molecule has 2 aliphatic rings. The first kappa shape index (κ1) is 27.5. The van der Waals surface area contributed by atoms with Crippen LogP contribution in [0.4, 0.5) is 10.5 Å². The number of methoxy groups -OCH3 is 1. The van der Waals surface area contributed by atoms with E-state index in [0.717, 1.165) is 16.8 Å². The number of piperazine rings is 1. The molecule has 37 heavy (non-hydrogen) atoms. The van der Waals surface area contributed by atoms with Gasteiger partial charge in [-0.15, -0.1) is 0 Å². The maximum Gasteiger partial charge on any atom is 0.318 e.